The predicted octanol–water partition coefficient (Wildman–Crippen LogP) is 2.11. The summed E-state index contributed by atoms with van der Waals surface area (Å²) in [5.41, 5.74) is 6.98. The molecule has 0 aliphatic carbocycles. The monoisotopic (exact) mass is 295 g/mol. The molecule has 1 atom stereocenters. The van der Waals surface area contributed by atoms with Gasteiger partial charge in [-0.05, 0) is 18.1 Å². The van der Waals surface area contributed by atoms with E-state index in [4.69, 9.17) is 0 Å². The number of anilines is 2. The number of hydrogen-bond acceptors (Lipinski definition) is 5. The van der Waals surface area contributed by atoms with Crippen molar-refractivity contribution in [1.29, 1.82) is 0 Å². The Bertz CT molecular complexity index is 745. The lowest BCUT2D eigenvalue weighted by atomic mass is 9.94. The van der Waals surface area contributed by atoms with Crippen LogP contribution in [-0.4, -0.2) is 27.4 Å². The number of carbonyl (C=O) groups is 1. The van der Waals surface area contributed by atoms with Gasteiger partial charge in [0.2, 0.25) is 5.91 Å². The molecule has 0 radical (unpaired) electrons. The van der Waals surface area contributed by atoms with E-state index in [1.54, 1.807) is 0 Å². The van der Waals surface area contributed by atoms with Gasteiger partial charge in [0.25, 0.3) is 0 Å². The van der Waals surface area contributed by atoms with Crippen LogP contribution < -0.4 is 10.7 Å². The van der Waals surface area contributed by atoms with E-state index in [1.165, 1.54) is 6.33 Å². The molecule has 1 aromatic carbocycles. The summed E-state index contributed by atoms with van der Waals surface area (Å²) in [5, 5.41) is 5.05. The van der Waals surface area contributed by atoms with E-state index in [2.05, 4.69) is 32.6 Å². The third-order valence-corrected chi connectivity index (χ3v) is 4.15. The van der Waals surface area contributed by atoms with Gasteiger partial charge in [0.1, 0.15) is 18.1 Å². The highest BCUT2D eigenvalue weighted by molar-refractivity contribution is 6.05. The average Bonchev–Trinajstić information content (AvgIpc) is 3.07. The van der Waals surface area contributed by atoms with Gasteiger partial charge in [0.05, 0.1) is 5.69 Å². The molecule has 6 heteroatoms. The molecular formula is C16H17N5O. The number of para-hydroxylation sites is 1. The maximum Gasteiger partial charge on any atom is 0.238 e. The maximum absolute atomic E-state index is 12.4. The Labute approximate surface area is 128 Å². The molecule has 0 saturated heterocycles. The van der Waals surface area contributed by atoms with E-state index in [9.17, 15) is 4.79 Å². The van der Waals surface area contributed by atoms with Crippen LogP contribution in [0, 0.1) is 0 Å². The maximum atomic E-state index is 12.4. The first kappa shape index (κ1) is 13.2. The topological polar surface area (TPSA) is 70.2 Å². The van der Waals surface area contributed by atoms with Crippen LogP contribution in [0.2, 0.25) is 0 Å². The summed E-state index contributed by atoms with van der Waals surface area (Å²) in [6.07, 6.45) is 2.58. The summed E-state index contributed by atoms with van der Waals surface area (Å²) in [6.45, 7) is 3.80. The van der Waals surface area contributed by atoms with Gasteiger partial charge in [-0.2, -0.15) is 0 Å². The molecule has 0 fully saturated rings. The standard InChI is InChI=1S/C16H17N5O/c1-2-7-21-8-11-14(17-9-18-15(11)20-21)13-10-5-3-4-6-12(10)19-16(13)22/h3-6,9,13H,2,7-8H2,1H3,(H,19,22)(H,17,18,20). The van der Waals surface area contributed by atoms with Gasteiger partial charge in [-0.25, -0.2) is 15.0 Å². The summed E-state index contributed by atoms with van der Waals surface area (Å²) in [7, 11) is 0. The Balaban J connectivity index is 1.77. The second-order valence-electron chi connectivity index (χ2n) is 5.63. The van der Waals surface area contributed by atoms with E-state index in [0.717, 1.165) is 47.8 Å². The minimum absolute atomic E-state index is 0.0176. The summed E-state index contributed by atoms with van der Waals surface area (Å²) >= 11 is 0. The lowest BCUT2D eigenvalue weighted by Gasteiger charge is -2.13. The van der Waals surface area contributed by atoms with Crippen molar-refractivity contribution in [2.24, 2.45) is 0 Å². The van der Waals surface area contributed by atoms with Gasteiger partial charge in [-0.3, -0.25) is 4.79 Å². The highest BCUT2D eigenvalue weighted by atomic mass is 16.2. The van der Waals surface area contributed by atoms with Gasteiger partial charge in [-0.1, -0.05) is 25.1 Å². The van der Waals surface area contributed by atoms with Gasteiger partial charge in [0.15, 0.2) is 0 Å². The van der Waals surface area contributed by atoms with E-state index >= 15 is 0 Å². The van der Waals surface area contributed by atoms with E-state index in [0.29, 0.717) is 0 Å². The molecule has 4 rings (SSSR count). The highest BCUT2D eigenvalue weighted by Gasteiger charge is 2.36. The van der Waals surface area contributed by atoms with Crippen molar-refractivity contribution in [3.8, 4) is 0 Å². The molecule has 1 aromatic heterocycles. The predicted molar refractivity (Wildman–Crippen MR) is 83.3 cm³/mol. The van der Waals surface area contributed by atoms with Crippen LogP contribution in [-0.2, 0) is 11.3 Å². The SMILES string of the molecule is CCCN1Cc2c(ncnc2C2C(=O)Nc3ccccc32)N1. The molecule has 112 valence electrons. The molecule has 2 aliphatic rings. The van der Waals surface area contributed by atoms with Crippen molar-refractivity contribution < 1.29 is 4.79 Å². The molecular weight excluding hydrogens is 278 g/mol. The minimum atomic E-state index is -0.351. The average molecular weight is 295 g/mol. The fourth-order valence-corrected chi connectivity index (χ4v) is 3.19. The molecule has 1 amide bonds. The van der Waals surface area contributed by atoms with Crippen molar-refractivity contribution in [2.45, 2.75) is 25.8 Å². The van der Waals surface area contributed by atoms with E-state index in [-0.39, 0.29) is 11.8 Å². The molecule has 0 bridgehead atoms. The van der Waals surface area contributed by atoms with Crippen molar-refractivity contribution >= 4 is 17.4 Å². The van der Waals surface area contributed by atoms with Crippen molar-refractivity contribution in [1.82, 2.24) is 15.0 Å². The van der Waals surface area contributed by atoms with Crippen molar-refractivity contribution in [2.75, 3.05) is 17.3 Å². The van der Waals surface area contributed by atoms with Crippen molar-refractivity contribution in [3.05, 3.63) is 47.4 Å². The van der Waals surface area contributed by atoms with E-state index < -0.39 is 0 Å². The molecule has 0 spiro atoms. The Morgan fingerprint density at radius 3 is 3.05 bits per heavy atom. The molecule has 1 unspecified atom stereocenters. The normalized spacial score (nSPS) is 19.5. The van der Waals surface area contributed by atoms with Crippen LogP contribution in [0.5, 0.6) is 0 Å². The fraction of sp³-hybridized carbons (Fsp3) is 0.312. The van der Waals surface area contributed by atoms with Crippen LogP contribution in [0.25, 0.3) is 0 Å². The number of benzene rings is 1. The first-order valence-corrected chi connectivity index (χ1v) is 7.53. The van der Waals surface area contributed by atoms with Gasteiger partial charge >= 0.3 is 0 Å². The Morgan fingerprint density at radius 2 is 2.18 bits per heavy atom. The number of hydrazine groups is 1. The van der Waals surface area contributed by atoms with Crippen molar-refractivity contribution in [3.63, 3.8) is 0 Å². The number of hydrogen-bond donors (Lipinski definition) is 2. The Morgan fingerprint density at radius 1 is 1.32 bits per heavy atom. The number of rotatable bonds is 3. The lowest BCUT2D eigenvalue weighted by Crippen LogP contribution is -2.24. The number of carbonyl (C=O) groups excluding carboxylic acids is 1. The van der Waals surface area contributed by atoms with Crippen LogP contribution in [0.15, 0.2) is 30.6 Å². The number of aromatic nitrogens is 2. The third kappa shape index (κ3) is 1.95. The quantitative estimate of drug-likeness (QED) is 0.907. The number of fused-ring (bicyclic) bond motifs is 2. The first-order chi connectivity index (χ1) is 10.8. The lowest BCUT2D eigenvalue weighted by molar-refractivity contribution is -0.116. The fourth-order valence-electron chi connectivity index (χ4n) is 3.19. The molecule has 3 heterocycles. The summed E-state index contributed by atoms with van der Waals surface area (Å²) in [5.74, 6) is 0.447. The second kappa shape index (κ2) is 5.06. The van der Waals surface area contributed by atoms with Crippen LogP contribution in [0.1, 0.15) is 36.1 Å². The molecule has 22 heavy (non-hydrogen) atoms. The smallest absolute Gasteiger partial charge is 0.238 e. The zero-order chi connectivity index (χ0) is 15.1. The van der Waals surface area contributed by atoms with Crippen LogP contribution in [0.4, 0.5) is 11.5 Å². The molecule has 6 nitrogen and oxygen atoms in total. The summed E-state index contributed by atoms with van der Waals surface area (Å²) < 4.78 is 0. The second-order valence-corrected chi connectivity index (χ2v) is 5.63. The number of amides is 1. The summed E-state index contributed by atoms with van der Waals surface area (Å²) in [4.78, 5) is 21.2. The van der Waals surface area contributed by atoms with Gasteiger partial charge < -0.3 is 10.7 Å². The molecule has 2 N–H and O–H groups in total. The molecule has 0 saturated carbocycles. The largest absolute Gasteiger partial charge is 0.325 e. The summed E-state index contributed by atoms with van der Waals surface area (Å²) in [6, 6.07) is 7.79. The number of nitrogens with one attached hydrogen (secondary N) is 2. The van der Waals surface area contributed by atoms with Gasteiger partial charge in [0, 0.05) is 24.3 Å². The zero-order valence-electron chi connectivity index (χ0n) is 12.3. The molecule has 2 aromatic rings. The van der Waals surface area contributed by atoms with Crippen LogP contribution in [0.3, 0.4) is 0 Å². The van der Waals surface area contributed by atoms with E-state index in [1.807, 2.05) is 24.3 Å². The highest BCUT2D eigenvalue weighted by Crippen LogP contribution is 2.39. The minimum Gasteiger partial charge on any atom is -0.325 e. The van der Waals surface area contributed by atoms with Crippen LogP contribution >= 0.6 is 0 Å². The Kier molecular flexibility index (Phi) is 3.04. The van der Waals surface area contributed by atoms with Gasteiger partial charge in [-0.15, -0.1) is 0 Å². The molecule has 2 aliphatic heterocycles. The number of nitrogens with zero attached hydrogens (tertiary/aromatic N) is 3. The first-order valence-electron chi connectivity index (χ1n) is 7.53. The third-order valence-electron chi connectivity index (χ3n) is 4.15. The zero-order valence-corrected chi connectivity index (χ0v) is 12.3. The Hall–Kier alpha value is -2.47.